The molecule has 1 aromatic heterocycles. The second kappa shape index (κ2) is 3.41. The van der Waals surface area contributed by atoms with E-state index in [1.54, 1.807) is 6.92 Å². The van der Waals surface area contributed by atoms with Crippen LogP contribution in [0, 0.1) is 0 Å². The van der Waals surface area contributed by atoms with Gasteiger partial charge in [-0.3, -0.25) is 0 Å². The molecule has 0 aliphatic rings. The number of hydrogen-bond donors (Lipinski definition) is 1. The zero-order chi connectivity index (χ0) is 10.1. The van der Waals surface area contributed by atoms with Crippen molar-refractivity contribution in [2.24, 2.45) is 5.73 Å². The van der Waals surface area contributed by atoms with Gasteiger partial charge in [-0.15, -0.1) is 0 Å². The molecule has 2 N–H and O–H groups in total. The summed E-state index contributed by atoms with van der Waals surface area (Å²) in [7, 11) is 0. The zero-order valence-electron chi connectivity index (χ0n) is 7.06. The standard InChI is InChI=1S/C8H10F3NO/c1-2-6(12)5-3-7(13-4-5)8(9,10)11/h3-4,6H,2,12H2,1H3. The van der Waals surface area contributed by atoms with Gasteiger partial charge in [0.1, 0.15) is 0 Å². The highest BCUT2D eigenvalue weighted by Crippen LogP contribution is 2.32. The van der Waals surface area contributed by atoms with E-state index in [-0.39, 0.29) is 6.04 Å². The van der Waals surface area contributed by atoms with Crippen LogP contribution in [0.25, 0.3) is 0 Å². The molecule has 0 aromatic carbocycles. The lowest BCUT2D eigenvalue weighted by atomic mass is 10.1. The molecule has 1 heterocycles. The van der Waals surface area contributed by atoms with Gasteiger partial charge < -0.3 is 10.2 Å². The van der Waals surface area contributed by atoms with Crippen molar-refractivity contribution in [2.45, 2.75) is 25.6 Å². The lowest BCUT2D eigenvalue weighted by Gasteiger charge is -2.03. The average Bonchev–Trinajstić information content (AvgIpc) is 2.50. The van der Waals surface area contributed by atoms with Crippen LogP contribution in [-0.2, 0) is 6.18 Å². The minimum Gasteiger partial charge on any atom is -0.459 e. The Labute approximate surface area is 73.5 Å². The molecule has 74 valence electrons. The Morgan fingerprint density at radius 2 is 2.15 bits per heavy atom. The molecule has 1 rings (SSSR count). The zero-order valence-corrected chi connectivity index (χ0v) is 7.06. The first-order valence-corrected chi connectivity index (χ1v) is 3.86. The van der Waals surface area contributed by atoms with E-state index in [0.717, 1.165) is 12.3 Å². The molecule has 1 aromatic rings. The van der Waals surface area contributed by atoms with Gasteiger partial charge in [0.05, 0.1) is 6.26 Å². The molecule has 1 atom stereocenters. The summed E-state index contributed by atoms with van der Waals surface area (Å²) in [6.07, 6.45) is -2.79. The Kier molecular flexibility index (Phi) is 2.66. The summed E-state index contributed by atoms with van der Waals surface area (Å²) < 4.78 is 40.4. The molecule has 0 saturated heterocycles. The molecule has 1 unspecified atom stereocenters. The highest BCUT2D eigenvalue weighted by Gasteiger charge is 2.35. The summed E-state index contributed by atoms with van der Waals surface area (Å²) in [6.45, 7) is 1.80. The Bertz CT molecular complexity index is 279. The average molecular weight is 193 g/mol. The molecular formula is C8H10F3NO. The molecule has 0 saturated carbocycles. The first kappa shape index (κ1) is 10.1. The Morgan fingerprint density at radius 3 is 2.54 bits per heavy atom. The van der Waals surface area contributed by atoms with Crippen LogP contribution in [0.3, 0.4) is 0 Å². The van der Waals surface area contributed by atoms with E-state index in [1.807, 2.05) is 0 Å². The normalized spacial score (nSPS) is 14.5. The van der Waals surface area contributed by atoms with Crippen LogP contribution in [0.5, 0.6) is 0 Å². The fourth-order valence-electron chi connectivity index (χ4n) is 0.930. The minimum absolute atomic E-state index is 0.384. The van der Waals surface area contributed by atoms with Gasteiger partial charge in [-0.05, 0) is 12.5 Å². The Balaban J connectivity index is 2.87. The van der Waals surface area contributed by atoms with Crippen molar-refractivity contribution < 1.29 is 17.6 Å². The predicted molar refractivity (Wildman–Crippen MR) is 40.9 cm³/mol. The second-order valence-corrected chi connectivity index (χ2v) is 2.76. The Morgan fingerprint density at radius 1 is 1.54 bits per heavy atom. The summed E-state index contributed by atoms with van der Waals surface area (Å²) in [5.41, 5.74) is 5.91. The van der Waals surface area contributed by atoms with Gasteiger partial charge in [0.25, 0.3) is 0 Å². The minimum atomic E-state index is -4.42. The van der Waals surface area contributed by atoms with E-state index in [1.165, 1.54) is 0 Å². The second-order valence-electron chi connectivity index (χ2n) is 2.76. The fourth-order valence-corrected chi connectivity index (χ4v) is 0.930. The van der Waals surface area contributed by atoms with Crippen LogP contribution >= 0.6 is 0 Å². The smallest absolute Gasteiger partial charge is 0.449 e. The van der Waals surface area contributed by atoms with Crippen LogP contribution in [0.4, 0.5) is 13.2 Å². The maximum Gasteiger partial charge on any atom is 0.449 e. The number of nitrogens with two attached hydrogens (primary N) is 1. The summed E-state index contributed by atoms with van der Waals surface area (Å²) >= 11 is 0. The molecule has 0 radical (unpaired) electrons. The lowest BCUT2D eigenvalue weighted by molar-refractivity contribution is -0.153. The largest absolute Gasteiger partial charge is 0.459 e. The highest BCUT2D eigenvalue weighted by molar-refractivity contribution is 5.18. The van der Waals surface area contributed by atoms with Crippen molar-refractivity contribution in [1.82, 2.24) is 0 Å². The topological polar surface area (TPSA) is 39.2 Å². The van der Waals surface area contributed by atoms with Gasteiger partial charge in [0.15, 0.2) is 0 Å². The number of furan rings is 1. The van der Waals surface area contributed by atoms with Crippen molar-refractivity contribution in [1.29, 1.82) is 0 Å². The van der Waals surface area contributed by atoms with Crippen molar-refractivity contribution in [2.75, 3.05) is 0 Å². The summed E-state index contributed by atoms with van der Waals surface area (Å²) in [5, 5.41) is 0. The number of hydrogen-bond acceptors (Lipinski definition) is 2. The number of alkyl halides is 3. The van der Waals surface area contributed by atoms with E-state index >= 15 is 0 Å². The molecular weight excluding hydrogens is 183 g/mol. The molecule has 0 fully saturated rings. The molecule has 2 nitrogen and oxygen atoms in total. The maximum absolute atomic E-state index is 12.0. The first-order valence-electron chi connectivity index (χ1n) is 3.86. The van der Waals surface area contributed by atoms with Crippen LogP contribution in [-0.4, -0.2) is 0 Å². The maximum atomic E-state index is 12.0. The molecule has 5 heteroatoms. The third-order valence-electron chi connectivity index (χ3n) is 1.77. The lowest BCUT2D eigenvalue weighted by Crippen LogP contribution is -2.07. The van der Waals surface area contributed by atoms with Crippen LogP contribution in [0.2, 0.25) is 0 Å². The number of halogens is 3. The van der Waals surface area contributed by atoms with E-state index in [9.17, 15) is 13.2 Å². The SMILES string of the molecule is CCC(N)c1coc(C(F)(F)F)c1. The van der Waals surface area contributed by atoms with Crippen molar-refractivity contribution in [3.8, 4) is 0 Å². The third kappa shape index (κ3) is 2.24. The van der Waals surface area contributed by atoms with Crippen LogP contribution in [0.15, 0.2) is 16.7 Å². The molecule has 0 aliphatic heterocycles. The fraction of sp³-hybridized carbons (Fsp3) is 0.500. The Hall–Kier alpha value is -0.970. The van der Waals surface area contributed by atoms with Gasteiger partial charge in [-0.25, -0.2) is 0 Å². The van der Waals surface area contributed by atoms with Gasteiger partial charge in [-0.1, -0.05) is 6.92 Å². The quantitative estimate of drug-likeness (QED) is 0.784. The van der Waals surface area contributed by atoms with Gasteiger partial charge >= 0.3 is 6.18 Å². The highest BCUT2D eigenvalue weighted by atomic mass is 19.4. The molecule has 0 aliphatic carbocycles. The van der Waals surface area contributed by atoms with Gasteiger partial charge in [-0.2, -0.15) is 13.2 Å². The molecule has 0 amide bonds. The summed E-state index contributed by atoms with van der Waals surface area (Å²) in [5.74, 6) is -0.994. The van der Waals surface area contributed by atoms with Gasteiger partial charge in [0.2, 0.25) is 5.76 Å². The van der Waals surface area contributed by atoms with Crippen molar-refractivity contribution >= 4 is 0 Å². The summed E-state index contributed by atoms with van der Waals surface area (Å²) in [6, 6.07) is 0.550. The molecule has 13 heavy (non-hydrogen) atoms. The first-order chi connectivity index (χ1) is 5.95. The third-order valence-corrected chi connectivity index (χ3v) is 1.77. The van der Waals surface area contributed by atoms with E-state index < -0.39 is 11.9 Å². The monoisotopic (exact) mass is 193 g/mol. The van der Waals surface area contributed by atoms with Crippen LogP contribution < -0.4 is 5.73 Å². The van der Waals surface area contributed by atoms with E-state index in [2.05, 4.69) is 4.42 Å². The molecule has 0 spiro atoms. The van der Waals surface area contributed by atoms with Gasteiger partial charge in [0, 0.05) is 11.6 Å². The molecule has 0 bridgehead atoms. The van der Waals surface area contributed by atoms with E-state index in [0.29, 0.717) is 12.0 Å². The summed E-state index contributed by atoms with van der Waals surface area (Å²) in [4.78, 5) is 0. The van der Waals surface area contributed by atoms with Crippen molar-refractivity contribution in [3.05, 3.63) is 23.7 Å². The van der Waals surface area contributed by atoms with Crippen LogP contribution in [0.1, 0.15) is 30.7 Å². The van der Waals surface area contributed by atoms with E-state index in [4.69, 9.17) is 5.73 Å². The predicted octanol–water partition coefficient (Wildman–Crippen LogP) is 2.71. The number of rotatable bonds is 2. The van der Waals surface area contributed by atoms with Crippen molar-refractivity contribution in [3.63, 3.8) is 0 Å².